The van der Waals surface area contributed by atoms with Gasteiger partial charge in [-0.05, 0) is 38.5 Å². The maximum absolute atomic E-state index is 12.6. The lowest BCUT2D eigenvalue weighted by Gasteiger charge is -2.20. The van der Waals surface area contributed by atoms with E-state index in [0.717, 1.165) is 44.9 Å². The lowest BCUT2D eigenvalue weighted by molar-refractivity contribution is -0.161. The number of hydrogen-bond donors (Lipinski definition) is 3. The van der Waals surface area contributed by atoms with Crippen LogP contribution in [-0.4, -0.2) is 65.7 Å². The summed E-state index contributed by atoms with van der Waals surface area (Å²) in [6.45, 7) is 2.41. The molecule has 0 heterocycles. The molecule has 0 aromatic carbocycles. The van der Waals surface area contributed by atoms with Crippen molar-refractivity contribution in [3.63, 3.8) is 0 Å². The van der Waals surface area contributed by atoms with Crippen LogP contribution in [0, 0.1) is 0 Å². The van der Waals surface area contributed by atoms with Crippen LogP contribution in [0.2, 0.25) is 0 Å². The molecule has 338 valence electrons. The second-order valence-electron chi connectivity index (χ2n) is 16.1. The van der Waals surface area contributed by atoms with Crippen molar-refractivity contribution < 1.29 is 47.8 Å². The van der Waals surface area contributed by atoms with Gasteiger partial charge in [0, 0.05) is 12.8 Å². The van der Waals surface area contributed by atoms with Crippen molar-refractivity contribution in [2.75, 3.05) is 26.4 Å². The number of phosphoric ester groups is 1. The lowest BCUT2D eigenvalue weighted by Crippen LogP contribution is -2.29. The van der Waals surface area contributed by atoms with Gasteiger partial charge in [0.25, 0.3) is 0 Å². The first kappa shape index (κ1) is 55.7. The zero-order chi connectivity index (χ0) is 41.9. The number of allylic oxidation sites excluding steroid dienone is 2. The maximum atomic E-state index is 12.6. The quantitative estimate of drug-likeness (QED) is 0.0234. The van der Waals surface area contributed by atoms with Crippen molar-refractivity contribution in [1.82, 2.24) is 0 Å². The van der Waals surface area contributed by atoms with Crippen molar-refractivity contribution in [3.8, 4) is 0 Å². The number of rotatable bonds is 45. The Labute approximate surface area is 349 Å². The van der Waals surface area contributed by atoms with Gasteiger partial charge in [0.2, 0.25) is 0 Å². The molecule has 57 heavy (non-hydrogen) atoms. The van der Waals surface area contributed by atoms with Crippen LogP contribution >= 0.6 is 7.82 Å². The molecule has 0 aliphatic heterocycles. The number of carbonyl (C=O) groups excluding carboxylic acids is 2. The topological polar surface area (TPSA) is 149 Å². The molecular formula is C46H89O10P. The van der Waals surface area contributed by atoms with Gasteiger partial charge < -0.3 is 24.6 Å². The Kier molecular flexibility index (Phi) is 41.9. The van der Waals surface area contributed by atoms with Gasteiger partial charge in [0.1, 0.15) is 12.7 Å². The van der Waals surface area contributed by atoms with Crippen LogP contribution in [0.1, 0.15) is 232 Å². The first-order valence-corrected chi connectivity index (χ1v) is 25.1. The van der Waals surface area contributed by atoms with Crippen LogP contribution in [0.3, 0.4) is 0 Å². The summed E-state index contributed by atoms with van der Waals surface area (Å²) < 4.78 is 32.8. The molecule has 3 N–H and O–H groups in total. The molecule has 0 amide bonds. The summed E-state index contributed by atoms with van der Waals surface area (Å²) in [4.78, 5) is 35.1. The summed E-state index contributed by atoms with van der Waals surface area (Å²) in [5.74, 6) is -0.916. The molecule has 11 heteroatoms. The Hall–Kier alpha value is -1.29. The molecule has 0 aliphatic rings. The summed E-state index contributed by atoms with van der Waals surface area (Å²) in [5.41, 5.74) is 0. The number of phosphoric acid groups is 1. The molecule has 0 fully saturated rings. The largest absolute Gasteiger partial charge is 0.472 e. The van der Waals surface area contributed by atoms with Crippen molar-refractivity contribution in [2.24, 2.45) is 0 Å². The van der Waals surface area contributed by atoms with E-state index in [1.165, 1.54) is 148 Å². The van der Waals surface area contributed by atoms with Gasteiger partial charge >= 0.3 is 19.8 Å². The number of hydrogen-bond acceptors (Lipinski definition) is 9. The molecule has 3 atom stereocenters. The molecule has 0 aromatic rings. The summed E-state index contributed by atoms with van der Waals surface area (Å²) in [7, 11) is -4.62. The van der Waals surface area contributed by atoms with Gasteiger partial charge in [-0.25, -0.2) is 4.57 Å². The molecule has 0 spiro atoms. The Bertz CT molecular complexity index is 961. The number of ether oxygens (including phenoxy) is 2. The third kappa shape index (κ3) is 42.6. The normalized spacial score (nSPS) is 13.8. The van der Waals surface area contributed by atoms with Crippen molar-refractivity contribution in [1.29, 1.82) is 0 Å². The van der Waals surface area contributed by atoms with Crippen LogP contribution in [0.25, 0.3) is 0 Å². The smallest absolute Gasteiger partial charge is 0.462 e. The summed E-state index contributed by atoms with van der Waals surface area (Å²) >= 11 is 0. The fourth-order valence-corrected chi connectivity index (χ4v) is 7.54. The van der Waals surface area contributed by atoms with Gasteiger partial charge in [-0.1, -0.05) is 193 Å². The molecule has 0 radical (unpaired) electrons. The lowest BCUT2D eigenvalue weighted by atomic mass is 10.0. The molecule has 0 saturated carbocycles. The van der Waals surface area contributed by atoms with Crippen molar-refractivity contribution in [3.05, 3.63) is 12.2 Å². The Balaban J connectivity index is 4.21. The molecule has 0 aromatic heterocycles. The van der Waals surface area contributed by atoms with Crippen LogP contribution in [0.15, 0.2) is 12.2 Å². The summed E-state index contributed by atoms with van der Waals surface area (Å²) in [6.07, 6.45) is 41.7. The number of unbranched alkanes of at least 4 members (excludes halogenated alkanes) is 29. The molecule has 1 unspecified atom stereocenters. The second kappa shape index (κ2) is 42.8. The maximum Gasteiger partial charge on any atom is 0.472 e. The third-order valence-corrected chi connectivity index (χ3v) is 11.4. The van der Waals surface area contributed by atoms with E-state index in [1.54, 1.807) is 0 Å². The van der Waals surface area contributed by atoms with Gasteiger partial charge in [0.15, 0.2) is 6.10 Å². The fraction of sp³-hybridized carbons (Fsp3) is 0.913. The van der Waals surface area contributed by atoms with Crippen LogP contribution < -0.4 is 0 Å². The fourth-order valence-electron chi connectivity index (χ4n) is 6.75. The number of esters is 2. The van der Waals surface area contributed by atoms with Gasteiger partial charge in [-0.2, -0.15) is 0 Å². The van der Waals surface area contributed by atoms with Crippen LogP contribution in [-0.2, 0) is 32.7 Å². The Morgan fingerprint density at radius 1 is 0.509 bits per heavy atom. The van der Waals surface area contributed by atoms with E-state index in [1.807, 2.05) is 0 Å². The van der Waals surface area contributed by atoms with E-state index in [-0.39, 0.29) is 19.4 Å². The van der Waals surface area contributed by atoms with E-state index in [9.17, 15) is 24.2 Å². The van der Waals surface area contributed by atoms with Crippen LogP contribution in [0.5, 0.6) is 0 Å². The zero-order valence-corrected chi connectivity index (χ0v) is 37.7. The van der Waals surface area contributed by atoms with E-state index in [0.29, 0.717) is 12.8 Å². The minimum atomic E-state index is -4.62. The van der Waals surface area contributed by atoms with E-state index >= 15 is 0 Å². The molecule has 0 aliphatic carbocycles. The molecule has 0 bridgehead atoms. The zero-order valence-electron chi connectivity index (χ0n) is 36.8. The molecule has 10 nitrogen and oxygen atoms in total. The van der Waals surface area contributed by atoms with Crippen LogP contribution in [0.4, 0.5) is 0 Å². The average Bonchev–Trinajstić information content (AvgIpc) is 3.20. The third-order valence-electron chi connectivity index (χ3n) is 10.4. The Morgan fingerprint density at radius 2 is 0.860 bits per heavy atom. The predicted octanol–water partition coefficient (Wildman–Crippen LogP) is 12.8. The average molecular weight is 833 g/mol. The highest BCUT2D eigenvalue weighted by Gasteiger charge is 2.27. The van der Waals surface area contributed by atoms with Gasteiger partial charge in [0.05, 0.1) is 19.8 Å². The van der Waals surface area contributed by atoms with E-state index in [4.69, 9.17) is 23.6 Å². The highest BCUT2D eigenvalue weighted by atomic mass is 31.2. The summed E-state index contributed by atoms with van der Waals surface area (Å²) in [5, 5.41) is 18.4. The SMILES string of the molecule is CCCCCCCC/C=C/CCCCCCCCCC(=O)O[C@H](COC(=O)CCCCCCCCCCCCCCCCCCC)COP(=O)(O)OC[C@@H](O)CO. The second-order valence-corrected chi connectivity index (χ2v) is 17.6. The highest BCUT2D eigenvalue weighted by molar-refractivity contribution is 7.47. The molecule has 0 rings (SSSR count). The number of carbonyl (C=O) groups is 2. The summed E-state index contributed by atoms with van der Waals surface area (Å²) in [6, 6.07) is 0. The minimum Gasteiger partial charge on any atom is -0.462 e. The van der Waals surface area contributed by atoms with Crippen molar-refractivity contribution in [2.45, 2.75) is 244 Å². The number of aliphatic hydroxyl groups excluding tert-OH is 2. The van der Waals surface area contributed by atoms with Gasteiger partial charge in [-0.15, -0.1) is 0 Å². The van der Waals surface area contributed by atoms with E-state index < -0.39 is 51.8 Å². The predicted molar refractivity (Wildman–Crippen MR) is 233 cm³/mol. The number of aliphatic hydroxyl groups is 2. The standard InChI is InChI=1S/C46H89O10P/c1-3-5-7-9-11-13-15-17-19-21-23-25-27-29-31-33-35-37-45(49)53-41-44(42-55-57(51,52)54-40-43(48)39-47)56-46(50)38-36-34-32-30-28-26-24-22-20-18-16-14-12-10-8-6-4-2/h18,20,43-44,47-48H,3-17,19,21-42H2,1-2H3,(H,51,52)/b20-18+/t43-,44+/m0/s1. The van der Waals surface area contributed by atoms with Crippen molar-refractivity contribution >= 4 is 19.8 Å². The first-order valence-electron chi connectivity index (χ1n) is 23.6. The highest BCUT2D eigenvalue weighted by Crippen LogP contribution is 2.43. The van der Waals surface area contributed by atoms with Gasteiger partial charge in [-0.3, -0.25) is 18.6 Å². The van der Waals surface area contributed by atoms with E-state index in [2.05, 4.69) is 26.0 Å². The minimum absolute atomic E-state index is 0.184. The monoisotopic (exact) mass is 833 g/mol. The molecule has 0 saturated heterocycles. The molecular weight excluding hydrogens is 743 g/mol. The first-order chi connectivity index (χ1) is 27.7. The Morgan fingerprint density at radius 3 is 1.26 bits per heavy atom.